The standard InChI is InChI=1S/C13H20N4O3/c1-16(2)7-4-8-17(3)13(20)15-10-5-6-11(12(18)19)14-9-10/h5-6,9H,4,7-8H2,1-3H3,(H,15,20)(H,18,19). The number of aromatic carboxylic acids is 1. The lowest BCUT2D eigenvalue weighted by atomic mass is 10.3. The fourth-order valence-corrected chi connectivity index (χ4v) is 1.54. The van der Waals surface area contributed by atoms with E-state index < -0.39 is 5.97 Å². The molecule has 20 heavy (non-hydrogen) atoms. The van der Waals surface area contributed by atoms with Gasteiger partial charge in [-0.1, -0.05) is 0 Å². The van der Waals surface area contributed by atoms with Crippen molar-refractivity contribution >= 4 is 17.7 Å². The van der Waals surface area contributed by atoms with Gasteiger partial charge in [0.1, 0.15) is 5.69 Å². The Balaban J connectivity index is 2.46. The zero-order valence-corrected chi connectivity index (χ0v) is 12.0. The monoisotopic (exact) mass is 280 g/mol. The van der Waals surface area contributed by atoms with E-state index in [2.05, 4.69) is 15.2 Å². The van der Waals surface area contributed by atoms with Crippen molar-refractivity contribution in [2.75, 3.05) is 39.5 Å². The van der Waals surface area contributed by atoms with Crippen LogP contribution in [0.1, 0.15) is 16.9 Å². The van der Waals surface area contributed by atoms with Gasteiger partial charge in [-0.25, -0.2) is 14.6 Å². The maximum atomic E-state index is 11.9. The molecule has 1 rings (SSSR count). The lowest BCUT2D eigenvalue weighted by Crippen LogP contribution is -2.33. The minimum atomic E-state index is -1.09. The van der Waals surface area contributed by atoms with Gasteiger partial charge in [-0.15, -0.1) is 0 Å². The molecule has 0 aliphatic rings. The number of urea groups is 1. The lowest BCUT2D eigenvalue weighted by molar-refractivity contribution is 0.0690. The fourth-order valence-electron chi connectivity index (χ4n) is 1.54. The van der Waals surface area contributed by atoms with E-state index in [1.807, 2.05) is 14.1 Å². The molecule has 110 valence electrons. The Bertz CT molecular complexity index is 459. The molecule has 0 aliphatic carbocycles. The molecular weight excluding hydrogens is 260 g/mol. The third-order valence-corrected chi connectivity index (χ3v) is 2.68. The summed E-state index contributed by atoms with van der Waals surface area (Å²) in [4.78, 5) is 29.9. The van der Waals surface area contributed by atoms with Crippen LogP contribution < -0.4 is 5.32 Å². The quantitative estimate of drug-likeness (QED) is 0.817. The van der Waals surface area contributed by atoms with Crippen molar-refractivity contribution < 1.29 is 14.7 Å². The van der Waals surface area contributed by atoms with Crippen LogP contribution in [-0.2, 0) is 0 Å². The summed E-state index contributed by atoms with van der Waals surface area (Å²) in [5.74, 6) is -1.09. The number of aromatic nitrogens is 1. The molecule has 1 aromatic heterocycles. The molecular formula is C13H20N4O3. The smallest absolute Gasteiger partial charge is 0.354 e. The van der Waals surface area contributed by atoms with Crippen LogP contribution in [0.4, 0.5) is 10.5 Å². The van der Waals surface area contributed by atoms with Crippen molar-refractivity contribution in [3.63, 3.8) is 0 Å². The second-order valence-electron chi connectivity index (χ2n) is 4.75. The number of carbonyl (C=O) groups is 2. The van der Waals surface area contributed by atoms with Gasteiger partial charge in [0.2, 0.25) is 0 Å². The Morgan fingerprint density at radius 1 is 1.25 bits per heavy atom. The minimum absolute atomic E-state index is 0.0534. The van der Waals surface area contributed by atoms with Gasteiger partial charge < -0.3 is 20.2 Å². The summed E-state index contributed by atoms with van der Waals surface area (Å²) in [7, 11) is 5.68. The van der Waals surface area contributed by atoms with Crippen molar-refractivity contribution in [1.29, 1.82) is 0 Å². The Labute approximate surface area is 118 Å². The van der Waals surface area contributed by atoms with Crippen LogP contribution in [0.3, 0.4) is 0 Å². The fraction of sp³-hybridized carbons (Fsp3) is 0.462. The van der Waals surface area contributed by atoms with Crippen molar-refractivity contribution in [3.8, 4) is 0 Å². The van der Waals surface area contributed by atoms with Gasteiger partial charge in [-0.05, 0) is 39.2 Å². The van der Waals surface area contributed by atoms with E-state index in [1.54, 1.807) is 11.9 Å². The van der Waals surface area contributed by atoms with Gasteiger partial charge in [-0.2, -0.15) is 0 Å². The number of nitrogens with one attached hydrogen (secondary N) is 1. The molecule has 0 atom stereocenters. The van der Waals surface area contributed by atoms with Gasteiger partial charge in [0.15, 0.2) is 0 Å². The van der Waals surface area contributed by atoms with Crippen LogP contribution in [-0.4, -0.2) is 66.1 Å². The van der Waals surface area contributed by atoms with E-state index in [0.717, 1.165) is 13.0 Å². The number of anilines is 1. The Morgan fingerprint density at radius 2 is 1.95 bits per heavy atom. The van der Waals surface area contributed by atoms with E-state index in [4.69, 9.17) is 5.11 Å². The molecule has 0 radical (unpaired) electrons. The number of carboxylic acid groups (broad SMARTS) is 1. The molecule has 2 N–H and O–H groups in total. The molecule has 0 unspecified atom stereocenters. The highest BCUT2D eigenvalue weighted by molar-refractivity contribution is 5.90. The van der Waals surface area contributed by atoms with Crippen molar-refractivity contribution in [1.82, 2.24) is 14.8 Å². The first-order valence-electron chi connectivity index (χ1n) is 6.26. The average molecular weight is 280 g/mol. The molecule has 0 aromatic carbocycles. The summed E-state index contributed by atoms with van der Waals surface area (Å²) in [5, 5.41) is 11.4. The van der Waals surface area contributed by atoms with Crippen molar-refractivity contribution in [3.05, 3.63) is 24.0 Å². The molecule has 0 spiro atoms. The highest BCUT2D eigenvalue weighted by Gasteiger charge is 2.09. The van der Waals surface area contributed by atoms with E-state index >= 15 is 0 Å². The van der Waals surface area contributed by atoms with E-state index in [0.29, 0.717) is 12.2 Å². The van der Waals surface area contributed by atoms with Crippen LogP contribution in [0.15, 0.2) is 18.3 Å². The van der Waals surface area contributed by atoms with E-state index in [1.165, 1.54) is 18.3 Å². The maximum absolute atomic E-state index is 11.9. The molecule has 7 heteroatoms. The number of nitrogens with zero attached hydrogens (tertiary/aromatic N) is 3. The van der Waals surface area contributed by atoms with Gasteiger partial charge in [0.05, 0.1) is 11.9 Å². The number of hydrogen-bond acceptors (Lipinski definition) is 4. The molecule has 0 fully saturated rings. The zero-order chi connectivity index (χ0) is 15.1. The Hall–Kier alpha value is -2.15. The number of pyridine rings is 1. The second kappa shape index (κ2) is 7.44. The maximum Gasteiger partial charge on any atom is 0.354 e. The van der Waals surface area contributed by atoms with Crippen molar-refractivity contribution in [2.24, 2.45) is 0 Å². The zero-order valence-electron chi connectivity index (χ0n) is 12.0. The molecule has 7 nitrogen and oxygen atoms in total. The Morgan fingerprint density at radius 3 is 2.45 bits per heavy atom. The number of carboxylic acids is 1. The van der Waals surface area contributed by atoms with Crippen LogP contribution in [0.2, 0.25) is 0 Å². The number of carbonyl (C=O) groups excluding carboxylic acids is 1. The first kappa shape index (κ1) is 15.9. The van der Waals surface area contributed by atoms with Crippen LogP contribution in [0.5, 0.6) is 0 Å². The van der Waals surface area contributed by atoms with Crippen LogP contribution >= 0.6 is 0 Å². The third-order valence-electron chi connectivity index (χ3n) is 2.68. The van der Waals surface area contributed by atoms with Gasteiger partial charge >= 0.3 is 12.0 Å². The normalized spacial score (nSPS) is 10.4. The predicted molar refractivity (Wildman–Crippen MR) is 76.0 cm³/mol. The number of amides is 2. The second-order valence-corrected chi connectivity index (χ2v) is 4.75. The molecule has 1 heterocycles. The molecule has 0 saturated carbocycles. The molecule has 1 aromatic rings. The van der Waals surface area contributed by atoms with Gasteiger partial charge in [-0.3, -0.25) is 0 Å². The summed E-state index contributed by atoms with van der Waals surface area (Å²) in [6, 6.07) is 2.63. The average Bonchev–Trinajstić information content (AvgIpc) is 2.38. The van der Waals surface area contributed by atoms with Crippen molar-refractivity contribution in [2.45, 2.75) is 6.42 Å². The minimum Gasteiger partial charge on any atom is -0.477 e. The van der Waals surface area contributed by atoms with Gasteiger partial charge in [0, 0.05) is 13.6 Å². The molecule has 0 saturated heterocycles. The number of rotatable bonds is 6. The molecule has 0 bridgehead atoms. The highest BCUT2D eigenvalue weighted by Crippen LogP contribution is 2.07. The molecule has 2 amide bonds. The summed E-state index contributed by atoms with van der Waals surface area (Å²) >= 11 is 0. The third kappa shape index (κ3) is 5.23. The predicted octanol–water partition coefficient (Wildman–Crippen LogP) is 1.20. The summed E-state index contributed by atoms with van der Waals surface area (Å²) in [6.45, 7) is 1.55. The van der Waals surface area contributed by atoms with E-state index in [-0.39, 0.29) is 11.7 Å². The van der Waals surface area contributed by atoms with Crippen LogP contribution in [0.25, 0.3) is 0 Å². The summed E-state index contributed by atoms with van der Waals surface area (Å²) in [5.41, 5.74) is 0.418. The van der Waals surface area contributed by atoms with Gasteiger partial charge in [0.25, 0.3) is 0 Å². The number of hydrogen-bond donors (Lipinski definition) is 2. The largest absolute Gasteiger partial charge is 0.477 e. The topological polar surface area (TPSA) is 85.8 Å². The summed E-state index contributed by atoms with van der Waals surface area (Å²) < 4.78 is 0. The molecule has 0 aliphatic heterocycles. The first-order chi connectivity index (χ1) is 9.40. The highest BCUT2D eigenvalue weighted by atomic mass is 16.4. The SMILES string of the molecule is CN(C)CCCN(C)C(=O)Nc1ccc(C(=O)O)nc1. The van der Waals surface area contributed by atoms with Crippen LogP contribution in [0, 0.1) is 0 Å². The Kier molecular flexibility index (Phi) is 5.92. The summed E-state index contributed by atoms with van der Waals surface area (Å²) in [6.07, 6.45) is 2.21. The first-order valence-corrected chi connectivity index (χ1v) is 6.26. The lowest BCUT2D eigenvalue weighted by Gasteiger charge is -2.19. The van der Waals surface area contributed by atoms with E-state index in [9.17, 15) is 9.59 Å².